The fourth-order valence-corrected chi connectivity index (χ4v) is 3.73. The molecule has 0 aliphatic rings. The number of methoxy groups -OCH3 is 1. The third-order valence-corrected chi connectivity index (χ3v) is 5.28. The fraction of sp³-hybridized carbons (Fsp3) is 0.370. The van der Waals surface area contributed by atoms with Crippen LogP contribution in [0.3, 0.4) is 0 Å². The molecule has 34 heavy (non-hydrogen) atoms. The molecular formula is C27H33N3O4. The first-order valence-corrected chi connectivity index (χ1v) is 11.4. The molecule has 3 aromatic rings. The first kappa shape index (κ1) is 25.3. The van der Waals surface area contributed by atoms with Gasteiger partial charge in [0, 0.05) is 19.2 Å². The first-order valence-electron chi connectivity index (χ1n) is 11.4. The predicted molar refractivity (Wildman–Crippen MR) is 133 cm³/mol. The molecule has 0 amide bonds. The van der Waals surface area contributed by atoms with Crippen LogP contribution in [0.15, 0.2) is 54.6 Å². The highest BCUT2D eigenvalue weighted by Gasteiger charge is 2.22. The van der Waals surface area contributed by atoms with Gasteiger partial charge in [0.25, 0.3) is 0 Å². The number of rotatable bonds is 13. The van der Waals surface area contributed by atoms with Gasteiger partial charge in [0.2, 0.25) is 5.88 Å². The van der Waals surface area contributed by atoms with Crippen molar-refractivity contribution in [2.45, 2.75) is 32.9 Å². The Morgan fingerprint density at radius 2 is 1.91 bits per heavy atom. The van der Waals surface area contributed by atoms with E-state index in [9.17, 15) is 5.11 Å². The Labute approximate surface area is 201 Å². The van der Waals surface area contributed by atoms with E-state index in [0.717, 1.165) is 29.9 Å². The average Bonchev–Trinajstić information content (AvgIpc) is 3.15. The van der Waals surface area contributed by atoms with Crippen LogP contribution in [0.4, 0.5) is 0 Å². The summed E-state index contributed by atoms with van der Waals surface area (Å²) in [6.45, 7) is 6.30. The number of aliphatic hydroxyl groups is 1. The van der Waals surface area contributed by atoms with E-state index < -0.39 is 6.10 Å². The maximum absolute atomic E-state index is 10.5. The van der Waals surface area contributed by atoms with Gasteiger partial charge >= 0.3 is 0 Å². The summed E-state index contributed by atoms with van der Waals surface area (Å²) in [6.07, 6.45) is 5.53. The van der Waals surface area contributed by atoms with Crippen LogP contribution >= 0.6 is 0 Å². The van der Waals surface area contributed by atoms with Crippen molar-refractivity contribution in [3.63, 3.8) is 0 Å². The van der Waals surface area contributed by atoms with Crippen LogP contribution in [0, 0.1) is 19.3 Å². The summed E-state index contributed by atoms with van der Waals surface area (Å²) in [4.78, 5) is 2.18. The molecule has 0 aliphatic heterocycles. The van der Waals surface area contributed by atoms with Crippen molar-refractivity contribution >= 4 is 0 Å². The Balaban J connectivity index is 1.93. The molecule has 1 heterocycles. The van der Waals surface area contributed by atoms with E-state index in [1.165, 1.54) is 0 Å². The third-order valence-electron chi connectivity index (χ3n) is 5.28. The quantitative estimate of drug-likeness (QED) is 0.303. The van der Waals surface area contributed by atoms with Crippen molar-refractivity contribution in [2.24, 2.45) is 0 Å². The molecule has 0 saturated heterocycles. The van der Waals surface area contributed by atoms with Gasteiger partial charge in [-0.25, -0.2) is 4.68 Å². The number of aryl methyl sites for hydroxylation is 1. The highest BCUT2D eigenvalue weighted by molar-refractivity contribution is 5.44. The zero-order valence-corrected chi connectivity index (χ0v) is 20.1. The van der Waals surface area contributed by atoms with E-state index in [1.54, 1.807) is 7.11 Å². The molecule has 180 valence electrons. The number of ether oxygens (including phenoxy) is 3. The van der Waals surface area contributed by atoms with E-state index in [1.807, 2.05) is 66.2 Å². The van der Waals surface area contributed by atoms with E-state index in [4.69, 9.17) is 25.7 Å². The lowest BCUT2D eigenvalue weighted by Gasteiger charge is -2.25. The molecule has 3 rings (SSSR count). The Morgan fingerprint density at radius 3 is 2.62 bits per heavy atom. The topological polar surface area (TPSA) is 69.0 Å². The minimum atomic E-state index is -0.646. The molecule has 0 unspecified atom stereocenters. The highest BCUT2D eigenvalue weighted by atomic mass is 16.5. The predicted octanol–water partition coefficient (Wildman–Crippen LogP) is 4.20. The zero-order valence-electron chi connectivity index (χ0n) is 20.1. The van der Waals surface area contributed by atoms with Gasteiger partial charge in [-0.15, -0.1) is 6.42 Å². The Hall–Kier alpha value is -3.31. The summed E-state index contributed by atoms with van der Waals surface area (Å²) in [7, 11) is 1.63. The lowest BCUT2D eigenvalue weighted by molar-refractivity contribution is 0.0259. The highest BCUT2D eigenvalue weighted by Crippen LogP contribution is 2.33. The van der Waals surface area contributed by atoms with Gasteiger partial charge in [0.1, 0.15) is 18.1 Å². The van der Waals surface area contributed by atoms with Crippen molar-refractivity contribution in [2.75, 3.05) is 33.4 Å². The SMILES string of the molecule is C#CCOC[C@@H](O)CN(CCC)Cc1c(C)nn(-c2ccccc2)c1Oc1cccc(OC)c1. The smallest absolute Gasteiger partial charge is 0.227 e. The van der Waals surface area contributed by atoms with Crippen LogP contribution < -0.4 is 9.47 Å². The van der Waals surface area contributed by atoms with Crippen LogP contribution in [-0.4, -0.2) is 59.3 Å². The summed E-state index contributed by atoms with van der Waals surface area (Å²) in [5, 5.41) is 15.3. The van der Waals surface area contributed by atoms with Gasteiger partial charge in [0.15, 0.2) is 0 Å². The second kappa shape index (κ2) is 12.8. The van der Waals surface area contributed by atoms with Crippen LogP contribution in [0.25, 0.3) is 5.69 Å². The van der Waals surface area contributed by atoms with Crippen molar-refractivity contribution in [1.82, 2.24) is 14.7 Å². The van der Waals surface area contributed by atoms with Crippen LogP contribution in [0.5, 0.6) is 17.4 Å². The number of hydrogen-bond donors (Lipinski definition) is 1. The molecule has 1 atom stereocenters. The standard InChI is InChI=1S/C27H33N3O4/c1-5-15-29(18-23(31)20-33-16-6-2)19-26-21(3)28-30(22-11-8-7-9-12-22)27(26)34-25-14-10-13-24(17-25)32-4/h2,7-14,17,23,31H,5,15-16,18-20H2,1,3-4H3/t23-/m0/s1. The monoisotopic (exact) mass is 463 g/mol. The van der Waals surface area contributed by atoms with E-state index in [-0.39, 0.29) is 13.2 Å². The molecule has 1 N–H and O–H groups in total. The normalized spacial score (nSPS) is 11.9. The molecule has 0 bridgehead atoms. The maximum Gasteiger partial charge on any atom is 0.227 e. The molecule has 0 aliphatic carbocycles. The largest absolute Gasteiger partial charge is 0.497 e. The number of aliphatic hydroxyl groups excluding tert-OH is 1. The van der Waals surface area contributed by atoms with Crippen molar-refractivity contribution in [3.8, 4) is 35.4 Å². The number of benzene rings is 2. The van der Waals surface area contributed by atoms with Crippen molar-refractivity contribution < 1.29 is 19.3 Å². The third kappa shape index (κ3) is 6.84. The van der Waals surface area contributed by atoms with Gasteiger partial charge in [-0.1, -0.05) is 37.1 Å². The molecule has 7 heteroatoms. The molecular weight excluding hydrogens is 430 g/mol. The van der Waals surface area contributed by atoms with Gasteiger partial charge in [-0.05, 0) is 44.2 Å². The molecule has 0 radical (unpaired) electrons. The zero-order chi connectivity index (χ0) is 24.3. The molecule has 0 saturated carbocycles. The second-order valence-corrected chi connectivity index (χ2v) is 8.01. The van der Waals surface area contributed by atoms with Gasteiger partial charge in [-0.3, -0.25) is 4.90 Å². The summed E-state index contributed by atoms with van der Waals surface area (Å²) in [5.74, 6) is 4.43. The number of hydrogen-bond acceptors (Lipinski definition) is 6. The van der Waals surface area contributed by atoms with Gasteiger partial charge < -0.3 is 19.3 Å². The second-order valence-electron chi connectivity index (χ2n) is 8.01. The maximum atomic E-state index is 10.5. The van der Waals surface area contributed by atoms with Gasteiger partial charge in [0.05, 0.1) is 36.8 Å². The number of aromatic nitrogens is 2. The summed E-state index contributed by atoms with van der Waals surface area (Å²) < 4.78 is 18.9. The van der Waals surface area contributed by atoms with Crippen LogP contribution in [-0.2, 0) is 11.3 Å². The molecule has 0 spiro atoms. The van der Waals surface area contributed by atoms with Crippen LogP contribution in [0.2, 0.25) is 0 Å². The average molecular weight is 464 g/mol. The Kier molecular flexibility index (Phi) is 9.53. The first-order chi connectivity index (χ1) is 16.5. The van der Waals surface area contributed by atoms with E-state index >= 15 is 0 Å². The molecule has 2 aromatic carbocycles. The lowest BCUT2D eigenvalue weighted by Crippen LogP contribution is -2.35. The van der Waals surface area contributed by atoms with E-state index in [0.29, 0.717) is 30.5 Å². The summed E-state index contributed by atoms with van der Waals surface area (Å²) >= 11 is 0. The minimum absolute atomic E-state index is 0.187. The van der Waals surface area contributed by atoms with Crippen LogP contribution in [0.1, 0.15) is 24.6 Å². The summed E-state index contributed by atoms with van der Waals surface area (Å²) in [5.41, 5.74) is 2.72. The number of para-hydroxylation sites is 1. The Morgan fingerprint density at radius 1 is 1.15 bits per heavy atom. The number of terminal acetylenes is 1. The van der Waals surface area contributed by atoms with Crippen molar-refractivity contribution in [1.29, 1.82) is 0 Å². The fourth-order valence-electron chi connectivity index (χ4n) is 3.73. The Bertz CT molecular complexity index is 1080. The molecule has 7 nitrogen and oxygen atoms in total. The minimum Gasteiger partial charge on any atom is -0.497 e. The molecule has 0 fully saturated rings. The number of nitrogens with zero attached hydrogens (tertiary/aromatic N) is 3. The molecule has 1 aromatic heterocycles. The van der Waals surface area contributed by atoms with Gasteiger partial charge in [-0.2, -0.15) is 5.10 Å². The van der Waals surface area contributed by atoms with Crippen molar-refractivity contribution in [3.05, 3.63) is 65.9 Å². The lowest BCUT2D eigenvalue weighted by atomic mass is 10.2. The summed E-state index contributed by atoms with van der Waals surface area (Å²) in [6, 6.07) is 17.4. The van der Waals surface area contributed by atoms with E-state index in [2.05, 4.69) is 17.7 Å².